The topological polar surface area (TPSA) is 91.4 Å². The van der Waals surface area contributed by atoms with Crippen LogP contribution in [0, 0.1) is 0 Å². The first kappa shape index (κ1) is 21.6. The van der Waals surface area contributed by atoms with E-state index in [9.17, 15) is 13.2 Å². The maximum Gasteiger partial charge on any atom is 0.209 e. The maximum absolute atomic E-state index is 13.3. The van der Waals surface area contributed by atoms with E-state index in [1.165, 1.54) is 11.3 Å². The number of anilines is 1. The highest BCUT2D eigenvalue weighted by Gasteiger charge is 2.15. The number of hydrogen-bond donors (Lipinski definition) is 2. The second kappa shape index (κ2) is 9.17. The molecule has 9 heteroatoms. The number of sulfonamides is 1. The lowest BCUT2D eigenvalue weighted by Crippen LogP contribution is -2.28. The maximum atomic E-state index is 13.3. The van der Waals surface area contributed by atoms with Crippen molar-refractivity contribution in [3.63, 3.8) is 0 Å². The van der Waals surface area contributed by atoms with Gasteiger partial charge in [0.2, 0.25) is 10.0 Å². The molecule has 0 spiro atoms. The first-order chi connectivity index (χ1) is 13.8. The van der Waals surface area contributed by atoms with Crippen LogP contribution in [0.3, 0.4) is 0 Å². The van der Waals surface area contributed by atoms with Gasteiger partial charge in [-0.3, -0.25) is 9.78 Å². The van der Waals surface area contributed by atoms with E-state index in [1.807, 2.05) is 12.1 Å². The molecule has 3 rings (SSSR count). The number of likely N-dealkylation sites (N-methyl/N-ethyl adjacent to an activating group) is 1. The van der Waals surface area contributed by atoms with Gasteiger partial charge < -0.3 is 10.2 Å². The summed E-state index contributed by atoms with van der Waals surface area (Å²) in [4.78, 5) is 19.7. The van der Waals surface area contributed by atoms with Gasteiger partial charge in [0.25, 0.3) is 0 Å². The number of benzene rings is 1. The van der Waals surface area contributed by atoms with Gasteiger partial charge in [-0.25, -0.2) is 13.1 Å². The van der Waals surface area contributed by atoms with Crippen molar-refractivity contribution in [3.05, 3.63) is 46.4 Å². The summed E-state index contributed by atoms with van der Waals surface area (Å²) in [5, 5.41) is 4.62. The Labute approximate surface area is 174 Å². The molecule has 0 amide bonds. The highest BCUT2D eigenvalue weighted by molar-refractivity contribution is 7.88. The normalized spacial score (nSPS) is 12.1. The Morgan fingerprint density at radius 1 is 1.17 bits per heavy atom. The van der Waals surface area contributed by atoms with Gasteiger partial charge in [-0.1, -0.05) is 19.9 Å². The second-order valence-electron chi connectivity index (χ2n) is 6.83. The molecule has 0 aliphatic heterocycles. The number of rotatable bonds is 9. The molecular weight excluding hydrogens is 408 g/mol. The SMILES string of the molecule is CCN(CC)CCNc1ccc(CNS(C)(=O)=O)c2sc3cnccc3c(=O)c12. The molecule has 0 unspecified atom stereocenters. The van der Waals surface area contributed by atoms with Crippen LogP contribution in [0.25, 0.3) is 20.2 Å². The van der Waals surface area contributed by atoms with Crippen LogP contribution in [0.15, 0.2) is 35.4 Å². The minimum atomic E-state index is -3.34. The van der Waals surface area contributed by atoms with Crippen molar-refractivity contribution in [1.29, 1.82) is 0 Å². The van der Waals surface area contributed by atoms with E-state index < -0.39 is 10.0 Å². The second-order valence-corrected chi connectivity index (χ2v) is 9.71. The van der Waals surface area contributed by atoms with E-state index in [-0.39, 0.29) is 12.0 Å². The Bertz CT molecular complexity index is 1170. The smallest absolute Gasteiger partial charge is 0.209 e. The number of pyridine rings is 1. The van der Waals surface area contributed by atoms with Crippen LogP contribution >= 0.6 is 11.3 Å². The lowest BCUT2D eigenvalue weighted by Gasteiger charge is -2.19. The summed E-state index contributed by atoms with van der Waals surface area (Å²) in [5.74, 6) is 0. The molecule has 0 bridgehead atoms. The quantitative estimate of drug-likeness (QED) is 0.503. The molecule has 3 aromatic rings. The Morgan fingerprint density at radius 2 is 1.93 bits per heavy atom. The van der Waals surface area contributed by atoms with E-state index in [1.54, 1.807) is 18.5 Å². The summed E-state index contributed by atoms with van der Waals surface area (Å²) in [5.41, 5.74) is 1.48. The first-order valence-electron chi connectivity index (χ1n) is 9.57. The van der Waals surface area contributed by atoms with Gasteiger partial charge >= 0.3 is 0 Å². The molecule has 2 aromatic heterocycles. The van der Waals surface area contributed by atoms with Crippen LogP contribution in [-0.2, 0) is 16.6 Å². The summed E-state index contributed by atoms with van der Waals surface area (Å²) < 4.78 is 27.2. The third-order valence-corrected chi connectivity index (χ3v) is 6.75. The molecule has 0 saturated carbocycles. The van der Waals surface area contributed by atoms with Crippen molar-refractivity contribution in [1.82, 2.24) is 14.6 Å². The average molecular weight is 435 g/mol. The summed E-state index contributed by atoms with van der Waals surface area (Å²) >= 11 is 1.46. The summed E-state index contributed by atoms with van der Waals surface area (Å²) in [7, 11) is -3.34. The summed E-state index contributed by atoms with van der Waals surface area (Å²) in [6.45, 7) is 7.93. The highest BCUT2D eigenvalue weighted by atomic mass is 32.2. The Hall–Kier alpha value is -2.07. The Morgan fingerprint density at radius 3 is 2.62 bits per heavy atom. The fourth-order valence-corrected chi connectivity index (χ4v) is 4.84. The third kappa shape index (κ3) is 5.11. The van der Waals surface area contributed by atoms with Crippen LogP contribution in [0.2, 0.25) is 0 Å². The van der Waals surface area contributed by atoms with E-state index in [2.05, 4.69) is 33.8 Å². The molecule has 0 atom stereocenters. The Kier molecular flexibility index (Phi) is 6.84. The zero-order valence-electron chi connectivity index (χ0n) is 16.9. The van der Waals surface area contributed by atoms with Crippen LogP contribution < -0.4 is 15.5 Å². The van der Waals surface area contributed by atoms with Gasteiger partial charge in [-0.2, -0.15) is 0 Å². The third-order valence-electron chi connectivity index (χ3n) is 4.87. The molecule has 0 aliphatic rings. The van der Waals surface area contributed by atoms with Crippen LogP contribution in [0.5, 0.6) is 0 Å². The Balaban J connectivity index is 2.07. The van der Waals surface area contributed by atoms with Gasteiger partial charge in [0, 0.05) is 47.8 Å². The van der Waals surface area contributed by atoms with Crippen molar-refractivity contribution in [3.8, 4) is 0 Å². The number of hydrogen-bond acceptors (Lipinski definition) is 7. The molecular formula is C20H26N4O3S2. The van der Waals surface area contributed by atoms with Gasteiger partial charge in [0.15, 0.2) is 5.43 Å². The lowest BCUT2D eigenvalue weighted by atomic mass is 10.1. The van der Waals surface area contributed by atoms with Crippen molar-refractivity contribution in [2.45, 2.75) is 20.4 Å². The lowest BCUT2D eigenvalue weighted by molar-refractivity contribution is 0.316. The highest BCUT2D eigenvalue weighted by Crippen LogP contribution is 2.31. The van der Waals surface area contributed by atoms with Crippen LogP contribution in [0.4, 0.5) is 5.69 Å². The molecule has 1 aromatic carbocycles. The van der Waals surface area contributed by atoms with Crippen molar-refractivity contribution in [2.24, 2.45) is 0 Å². The standard InChI is InChI=1S/C20H26N4O3S2/c1-4-24(5-2)11-10-22-16-7-6-14(12-23-29(3,26)27)20-18(16)19(25)15-8-9-21-13-17(15)28-20/h6-9,13,22-23H,4-5,10-12H2,1-3H3. The molecule has 2 heterocycles. The van der Waals surface area contributed by atoms with Crippen LogP contribution in [0.1, 0.15) is 19.4 Å². The van der Waals surface area contributed by atoms with E-state index in [0.29, 0.717) is 10.8 Å². The molecule has 0 radical (unpaired) electrons. The van der Waals surface area contributed by atoms with Crippen molar-refractivity contribution >= 4 is 47.2 Å². The van der Waals surface area contributed by atoms with E-state index in [0.717, 1.165) is 53.1 Å². The molecule has 7 nitrogen and oxygen atoms in total. The summed E-state index contributed by atoms with van der Waals surface area (Å²) in [6, 6.07) is 5.47. The van der Waals surface area contributed by atoms with Crippen LogP contribution in [-0.4, -0.2) is 50.7 Å². The molecule has 156 valence electrons. The zero-order chi connectivity index (χ0) is 21.0. The minimum absolute atomic E-state index is 0.0669. The number of nitrogens with zero attached hydrogens (tertiary/aromatic N) is 2. The summed E-state index contributed by atoms with van der Waals surface area (Å²) in [6.07, 6.45) is 4.42. The van der Waals surface area contributed by atoms with Gasteiger partial charge in [-0.05, 0) is 30.8 Å². The van der Waals surface area contributed by atoms with Gasteiger partial charge in [-0.15, -0.1) is 11.3 Å². The fraction of sp³-hybridized carbons (Fsp3) is 0.400. The largest absolute Gasteiger partial charge is 0.383 e. The average Bonchev–Trinajstić information content (AvgIpc) is 2.69. The van der Waals surface area contributed by atoms with Gasteiger partial charge in [0.1, 0.15) is 0 Å². The molecule has 0 fully saturated rings. The first-order valence-corrected chi connectivity index (χ1v) is 12.3. The monoisotopic (exact) mass is 434 g/mol. The predicted molar refractivity (Wildman–Crippen MR) is 121 cm³/mol. The number of nitrogens with one attached hydrogen (secondary N) is 2. The van der Waals surface area contributed by atoms with E-state index >= 15 is 0 Å². The number of fused-ring (bicyclic) bond motifs is 2. The fourth-order valence-electron chi connectivity index (χ4n) is 3.25. The molecule has 0 aliphatic carbocycles. The molecule has 0 saturated heterocycles. The number of aromatic nitrogens is 1. The van der Waals surface area contributed by atoms with Crippen molar-refractivity contribution in [2.75, 3.05) is 37.8 Å². The zero-order valence-corrected chi connectivity index (χ0v) is 18.5. The van der Waals surface area contributed by atoms with E-state index in [4.69, 9.17) is 0 Å². The predicted octanol–water partition coefficient (Wildman–Crippen LogP) is 2.61. The molecule has 2 N–H and O–H groups in total. The van der Waals surface area contributed by atoms with Crippen molar-refractivity contribution < 1.29 is 8.42 Å². The van der Waals surface area contributed by atoms with Gasteiger partial charge in [0.05, 0.1) is 16.3 Å². The molecule has 29 heavy (non-hydrogen) atoms. The minimum Gasteiger partial charge on any atom is -0.383 e.